The summed E-state index contributed by atoms with van der Waals surface area (Å²) in [6.07, 6.45) is 14.0. The number of benzene rings is 2. The van der Waals surface area contributed by atoms with Crippen molar-refractivity contribution in [1.29, 1.82) is 0 Å². The Kier molecular flexibility index (Phi) is 10.9. The molecule has 2 aliphatic heterocycles. The molecule has 50 heavy (non-hydrogen) atoms. The van der Waals surface area contributed by atoms with Crippen LogP contribution in [-0.2, 0) is 17.8 Å². The average Bonchev–Trinajstić information content (AvgIpc) is 3.69. The van der Waals surface area contributed by atoms with Crippen LogP contribution in [0.25, 0.3) is 11.3 Å². The Labute approximate surface area is 300 Å². The molecule has 7 rings (SSSR count). The minimum absolute atomic E-state index is 0.0457. The molecule has 2 saturated heterocycles. The zero-order valence-corrected chi connectivity index (χ0v) is 29.6. The van der Waals surface area contributed by atoms with E-state index in [0.717, 1.165) is 62.1 Å². The lowest BCUT2D eigenvalue weighted by atomic mass is 9.63. The van der Waals surface area contributed by atoms with Crippen molar-refractivity contribution < 1.29 is 9.59 Å². The van der Waals surface area contributed by atoms with Gasteiger partial charge in [0.05, 0.1) is 11.7 Å². The first-order valence-electron chi connectivity index (χ1n) is 18.4. The number of pyridine rings is 1. The van der Waals surface area contributed by atoms with E-state index in [2.05, 4.69) is 20.3 Å². The molecule has 0 bridgehead atoms. The van der Waals surface area contributed by atoms with Gasteiger partial charge in [-0.1, -0.05) is 79.4 Å². The maximum atomic E-state index is 14.4. The fraction of sp³-hybridized carbons (Fsp3) is 0.475. The predicted molar refractivity (Wildman–Crippen MR) is 196 cm³/mol. The van der Waals surface area contributed by atoms with Crippen LogP contribution in [0.15, 0.2) is 85.5 Å². The Balaban J connectivity index is 1.01. The van der Waals surface area contributed by atoms with Gasteiger partial charge in [0.25, 0.3) is 5.91 Å². The zero-order chi connectivity index (χ0) is 34.3. The fourth-order valence-corrected chi connectivity index (χ4v) is 8.66. The van der Waals surface area contributed by atoms with Gasteiger partial charge in [-0.2, -0.15) is 5.10 Å². The number of hydrogen-bond acceptors (Lipinski definition) is 6. The number of carbonyl (C=O) groups excluding carboxylic acids is 2. The summed E-state index contributed by atoms with van der Waals surface area (Å²) < 4.78 is 2.00. The van der Waals surface area contributed by atoms with Gasteiger partial charge in [0, 0.05) is 49.4 Å². The summed E-state index contributed by atoms with van der Waals surface area (Å²) in [6.45, 7) is 3.61. The maximum Gasteiger partial charge on any atom is 0.272 e. The third kappa shape index (κ3) is 8.10. The highest BCUT2D eigenvalue weighted by atomic mass is 35.5. The monoisotopic (exact) mass is 693 g/mol. The summed E-state index contributed by atoms with van der Waals surface area (Å²) in [5.41, 5.74) is 3.47. The van der Waals surface area contributed by atoms with E-state index in [9.17, 15) is 9.59 Å². The molecule has 1 aliphatic carbocycles. The Bertz CT molecular complexity index is 1690. The van der Waals surface area contributed by atoms with Gasteiger partial charge in [-0.25, -0.2) is 9.97 Å². The second-order valence-electron chi connectivity index (χ2n) is 14.5. The van der Waals surface area contributed by atoms with E-state index in [4.69, 9.17) is 16.6 Å². The molecule has 1 N–H and O–H groups in total. The minimum Gasteiger partial charge on any atom is -0.341 e. The van der Waals surface area contributed by atoms with Crippen molar-refractivity contribution in [3.05, 3.63) is 102 Å². The molecule has 2 aromatic heterocycles. The normalized spacial score (nSPS) is 19.3. The number of aromatic nitrogens is 4. The smallest absolute Gasteiger partial charge is 0.272 e. The van der Waals surface area contributed by atoms with E-state index in [1.165, 1.54) is 32.1 Å². The Morgan fingerprint density at radius 2 is 1.58 bits per heavy atom. The zero-order valence-electron chi connectivity index (χ0n) is 28.8. The van der Waals surface area contributed by atoms with Crippen LogP contribution in [0.1, 0.15) is 73.8 Å². The lowest BCUT2D eigenvalue weighted by Crippen LogP contribution is -2.56. The van der Waals surface area contributed by atoms with Gasteiger partial charge in [0.15, 0.2) is 0 Å². The van der Waals surface area contributed by atoms with Gasteiger partial charge in [-0.05, 0) is 86.1 Å². The number of hydrogen-bond donors (Lipinski definition) is 1. The van der Waals surface area contributed by atoms with Crippen LogP contribution < -0.4 is 5.32 Å². The summed E-state index contributed by atoms with van der Waals surface area (Å²) in [5, 5.41) is 8.93. The molecule has 3 aliphatic rings. The molecule has 0 unspecified atom stereocenters. The maximum absolute atomic E-state index is 14.4. The third-order valence-electron chi connectivity index (χ3n) is 11.4. The molecule has 0 spiro atoms. The first-order valence-corrected chi connectivity index (χ1v) is 18.8. The molecule has 262 valence electrons. The lowest BCUT2D eigenvalue weighted by Gasteiger charge is -2.48. The van der Waals surface area contributed by atoms with Crippen molar-refractivity contribution in [3.8, 4) is 11.3 Å². The summed E-state index contributed by atoms with van der Waals surface area (Å²) >= 11 is 6.22. The average molecular weight is 694 g/mol. The molecule has 1 atom stereocenters. The standard InChI is InChI=1S/C40H48ClN7O2/c41-33-16-14-30(15-17-33)26-37(39(50)47-24-20-40(21-25-47,27-48-29-42-28-43-48)32-10-5-2-6-11-32)44-34-18-22-46(23-19-34)38(49)36-13-7-12-35(45-36)31-8-3-1-4-9-31/h1,3-4,7-9,12-17,28-29,32,34,37,44H,2,5-6,10-11,18-27H2/t37-/m1/s1. The molecule has 1 saturated carbocycles. The van der Waals surface area contributed by atoms with Crippen molar-refractivity contribution in [2.24, 2.45) is 11.3 Å². The van der Waals surface area contributed by atoms with Gasteiger partial charge in [0.1, 0.15) is 18.3 Å². The van der Waals surface area contributed by atoms with Gasteiger partial charge in [-0.15, -0.1) is 0 Å². The van der Waals surface area contributed by atoms with Crippen LogP contribution in [0, 0.1) is 11.3 Å². The van der Waals surface area contributed by atoms with Crippen molar-refractivity contribution in [1.82, 2.24) is 34.9 Å². The van der Waals surface area contributed by atoms with E-state index in [1.54, 1.807) is 12.4 Å². The molecular formula is C40H48ClN7O2. The number of nitrogens with one attached hydrogen (secondary N) is 1. The second-order valence-corrected chi connectivity index (χ2v) is 14.9. The predicted octanol–water partition coefficient (Wildman–Crippen LogP) is 6.69. The van der Waals surface area contributed by atoms with Crippen LogP contribution in [0.5, 0.6) is 0 Å². The summed E-state index contributed by atoms with van der Waals surface area (Å²) in [7, 11) is 0. The molecule has 0 radical (unpaired) electrons. The van der Waals surface area contributed by atoms with E-state index < -0.39 is 0 Å². The number of carbonyl (C=O) groups is 2. The Hall–Kier alpha value is -4.08. The van der Waals surface area contributed by atoms with Crippen LogP contribution in [0.4, 0.5) is 0 Å². The van der Waals surface area contributed by atoms with E-state index in [-0.39, 0.29) is 29.3 Å². The van der Waals surface area contributed by atoms with Crippen molar-refractivity contribution in [2.45, 2.75) is 82.8 Å². The number of amides is 2. The number of halogens is 1. The molecule has 2 amide bonds. The topological polar surface area (TPSA) is 96.2 Å². The largest absolute Gasteiger partial charge is 0.341 e. The number of likely N-dealkylation sites (tertiary alicyclic amines) is 2. The molecule has 10 heteroatoms. The Morgan fingerprint density at radius 1 is 0.840 bits per heavy atom. The highest BCUT2D eigenvalue weighted by Gasteiger charge is 2.44. The first kappa shape index (κ1) is 34.4. The van der Waals surface area contributed by atoms with Gasteiger partial charge in [-0.3, -0.25) is 14.3 Å². The lowest BCUT2D eigenvalue weighted by molar-refractivity contribution is -0.137. The number of piperidine rings is 2. The van der Waals surface area contributed by atoms with Gasteiger partial charge < -0.3 is 15.1 Å². The summed E-state index contributed by atoms with van der Waals surface area (Å²) in [4.78, 5) is 40.8. The van der Waals surface area contributed by atoms with Crippen molar-refractivity contribution >= 4 is 23.4 Å². The highest BCUT2D eigenvalue weighted by molar-refractivity contribution is 6.30. The quantitative estimate of drug-likeness (QED) is 0.199. The van der Waals surface area contributed by atoms with E-state index >= 15 is 0 Å². The van der Waals surface area contributed by atoms with Crippen LogP contribution in [0.2, 0.25) is 5.02 Å². The van der Waals surface area contributed by atoms with Crippen LogP contribution >= 0.6 is 11.6 Å². The first-order chi connectivity index (χ1) is 24.5. The van der Waals surface area contributed by atoms with Crippen LogP contribution in [0.3, 0.4) is 0 Å². The van der Waals surface area contributed by atoms with Crippen LogP contribution in [-0.4, -0.2) is 79.6 Å². The Morgan fingerprint density at radius 3 is 2.28 bits per heavy atom. The number of nitrogens with zero attached hydrogens (tertiary/aromatic N) is 6. The molecular weight excluding hydrogens is 646 g/mol. The fourth-order valence-electron chi connectivity index (χ4n) is 8.53. The molecule has 2 aromatic carbocycles. The number of rotatable bonds is 10. The highest BCUT2D eigenvalue weighted by Crippen LogP contribution is 2.47. The second kappa shape index (κ2) is 15.9. The molecule has 4 heterocycles. The van der Waals surface area contributed by atoms with Gasteiger partial charge in [0.2, 0.25) is 5.91 Å². The molecule has 3 fully saturated rings. The summed E-state index contributed by atoms with van der Waals surface area (Å²) in [6, 6.07) is 23.2. The minimum atomic E-state index is -0.356. The van der Waals surface area contributed by atoms with Crippen molar-refractivity contribution in [2.75, 3.05) is 26.2 Å². The molecule has 9 nitrogen and oxygen atoms in total. The van der Waals surface area contributed by atoms with Crippen molar-refractivity contribution in [3.63, 3.8) is 0 Å². The molecule has 4 aromatic rings. The SMILES string of the molecule is O=C(c1cccc(-c2ccccc2)n1)N1CCC(N[C@H](Cc2ccc(Cl)cc2)C(=O)N2CCC(Cn3cncn3)(C3CCCCC3)CC2)CC1. The van der Waals surface area contributed by atoms with E-state index in [0.29, 0.717) is 36.1 Å². The van der Waals surface area contributed by atoms with Gasteiger partial charge >= 0.3 is 0 Å². The van der Waals surface area contributed by atoms with E-state index in [1.807, 2.05) is 82.6 Å². The summed E-state index contributed by atoms with van der Waals surface area (Å²) in [5.74, 6) is 0.777. The third-order valence-corrected chi connectivity index (χ3v) is 11.6.